The summed E-state index contributed by atoms with van der Waals surface area (Å²) in [6.07, 6.45) is -3.45. The van der Waals surface area contributed by atoms with Crippen LogP contribution in [-0.4, -0.2) is 68.3 Å². The summed E-state index contributed by atoms with van der Waals surface area (Å²) < 4.78 is 40.1. The van der Waals surface area contributed by atoms with Gasteiger partial charge in [-0.1, -0.05) is 6.92 Å². The molecule has 0 aromatic carbocycles. The third-order valence-corrected chi connectivity index (χ3v) is 3.68. The fourth-order valence-electron chi connectivity index (χ4n) is 2.63. The second kappa shape index (κ2) is 7.26. The summed E-state index contributed by atoms with van der Waals surface area (Å²) in [5.41, 5.74) is 0. The summed E-state index contributed by atoms with van der Waals surface area (Å²) in [5, 5.41) is 0. The molecule has 0 spiro atoms. The number of likely N-dealkylation sites (tertiary alicyclic amines) is 1. The van der Waals surface area contributed by atoms with E-state index in [1.54, 1.807) is 11.9 Å². The van der Waals surface area contributed by atoms with Crippen LogP contribution in [-0.2, 0) is 9.53 Å². The van der Waals surface area contributed by atoms with Crippen LogP contribution in [0.4, 0.5) is 13.2 Å². The van der Waals surface area contributed by atoms with E-state index in [1.807, 2.05) is 7.05 Å². The number of amides is 1. The first-order valence-corrected chi connectivity index (χ1v) is 6.79. The van der Waals surface area contributed by atoms with Gasteiger partial charge in [-0.3, -0.25) is 4.79 Å². The van der Waals surface area contributed by atoms with E-state index >= 15 is 0 Å². The molecule has 2 unspecified atom stereocenters. The van der Waals surface area contributed by atoms with Gasteiger partial charge >= 0.3 is 6.18 Å². The third-order valence-electron chi connectivity index (χ3n) is 3.68. The molecule has 1 fully saturated rings. The molecule has 0 bridgehead atoms. The van der Waals surface area contributed by atoms with Crippen molar-refractivity contribution >= 4 is 5.91 Å². The van der Waals surface area contributed by atoms with Crippen molar-refractivity contribution in [3.8, 4) is 0 Å². The number of nitrogens with zero attached hydrogens (tertiary/aromatic N) is 2. The molecule has 0 N–H and O–H groups in total. The lowest BCUT2D eigenvalue weighted by molar-refractivity contribution is -0.175. The number of ether oxygens (including phenoxy) is 1. The van der Waals surface area contributed by atoms with Crippen molar-refractivity contribution in [3.63, 3.8) is 0 Å². The van der Waals surface area contributed by atoms with Gasteiger partial charge in [0.2, 0.25) is 5.91 Å². The first-order chi connectivity index (χ1) is 9.20. The first-order valence-electron chi connectivity index (χ1n) is 6.79. The summed E-state index contributed by atoms with van der Waals surface area (Å²) in [6, 6.07) is 0.154. The van der Waals surface area contributed by atoms with Crippen molar-refractivity contribution in [2.75, 3.05) is 40.4 Å². The minimum absolute atomic E-state index is 0.00829. The minimum Gasteiger partial charge on any atom is -0.372 e. The molecule has 1 rings (SSSR count). The zero-order valence-electron chi connectivity index (χ0n) is 12.2. The van der Waals surface area contributed by atoms with E-state index in [0.717, 1.165) is 19.5 Å². The first kappa shape index (κ1) is 17.2. The molecule has 0 aromatic heterocycles. The molecule has 20 heavy (non-hydrogen) atoms. The molecule has 0 aliphatic carbocycles. The second-order valence-corrected chi connectivity index (χ2v) is 5.52. The molecule has 0 aromatic rings. The number of carbonyl (C=O) groups excluding carboxylic acids is 1. The van der Waals surface area contributed by atoms with Crippen LogP contribution in [0.2, 0.25) is 0 Å². The molecule has 1 aliphatic rings. The number of rotatable bonds is 5. The molecule has 1 saturated heterocycles. The lowest BCUT2D eigenvalue weighted by Gasteiger charge is -2.40. The third kappa shape index (κ3) is 5.66. The van der Waals surface area contributed by atoms with Crippen LogP contribution in [0.5, 0.6) is 0 Å². The average molecular weight is 296 g/mol. The number of carbonyl (C=O) groups is 1. The van der Waals surface area contributed by atoms with Crippen molar-refractivity contribution in [2.45, 2.75) is 32.0 Å². The molecule has 118 valence electrons. The monoisotopic (exact) mass is 296 g/mol. The molecule has 4 nitrogen and oxygen atoms in total. The maximum absolute atomic E-state index is 11.9. The Labute approximate surface area is 117 Å². The van der Waals surface area contributed by atoms with Crippen molar-refractivity contribution in [2.24, 2.45) is 5.92 Å². The molecular weight excluding hydrogens is 273 g/mol. The minimum atomic E-state index is -4.34. The van der Waals surface area contributed by atoms with Gasteiger partial charge in [-0.2, -0.15) is 13.2 Å². The van der Waals surface area contributed by atoms with Gasteiger partial charge in [0, 0.05) is 19.6 Å². The number of hydrogen-bond donors (Lipinski definition) is 0. The zero-order chi connectivity index (χ0) is 15.3. The van der Waals surface area contributed by atoms with E-state index < -0.39 is 12.8 Å². The van der Waals surface area contributed by atoms with Crippen molar-refractivity contribution < 1.29 is 22.7 Å². The van der Waals surface area contributed by atoms with Crippen LogP contribution in [0.15, 0.2) is 0 Å². The van der Waals surface area contributed by atoms with Gasteiger partial charge in [0.25, 0.3) is 0 Å². The van der Waals surface area contributed by atoms with E-state index in [1.165, 1.54) is 0 Å². The summed E-state index contributed by atoms with van der Waals surface area (Å²) in [7, 11) is 3.76. The summed E-state index contributed by atoms with van der Waals surface area (Å²) in [5.74, 6) is 0.201. The van der Waals surface area contributed by atoms with E-state index in [4.69, 9.17) is 0 Å². The normalized spacial score (nSPS) is 24.7. The van der Waals surface area contributed by atoms with Gasteiger partial charge in [-0.15, -0.1) is 0 Å². The predicted octanol–water partition coefficient (Wildman–Crippen LogP) is 1.75. The van der Waals surface area contributed by atoms with E-state index in [-0.39, 0.29) is 25.0 Å². The number of halogens is 3. The largest absolute Gasteiger partial charge is 0.411 e. The Morgan fingerprint density at radius 3 is 2.65 bits per heavy atom. The highest BCUT2D eigenvalue weighted by Gasteiger charge is 2.30. The molecule has 0 saturated carbocycles. The highest BCUT2D eigenvalue weighted by Crippen LogP contribution is 2.21. The fraction of sp³-hybridized carbons (Fsp3) is 0.923. The maximum atomic E-state index is 11.9. The Balaban J connectivity index is 2.32. The van der Waals surface area contributed by atoms with Crippen LogP contribution in [0, 0.1) is 5.92 Å². The van der Waals surface area contributed by atoms with Crippen LogP contribution in [0.1, 0.15) is 19.8 Å². The second-order valence-electron chi connectivity index (χ2n) is 5.52. The molecule has 0 radical (unpaired) electrons. The fourth-order valence-corrected chi connectivity index (χ4v) is 2.63. The smallest absolute Gasteiger partial charge is 0.372 e. The Bertz CT molecular complexity index is 323. The van der Waals surface area contributed by atoms with Gasteiger partial charge in [-0.25, -0.2) is 0 Å². The summed E-state index contributed by atoms with van der Waals surface area (Å²) in [4.78, 5) is 15.8. The van der Waals surface area contributed by atoms with Crippen molar-refractivity contribution in [3.05, 3.63) is 0 Å². The summed E-state index contributed by atoms with van der Waals surface area (Å²) >= 11 is 0. The van der Waals surface area contributed by atoms with Crippen molar-refractivity contribution in [1.29, 1.82) is 0 Å². The molecule has 2 atom stereocenters. The van der Waals surface area contributed by atoms with Gasteiger partial charge in [0.1, 0.15) is 6.61 Å². The lowest BCUT2D eigenvalue weighted by atomic mass is 9.93. The Hall–Kier alpha value is -0.820. The SMILES string of the molecule is CC1CN(C)CCC1N(C)C(=O)CCOCC(F)(F)F. The molecule has 1 heterocycles. The highest BCUT2D eigenvalue weighted by atomic mass is 19.4. The average Bonchev–Trinajstić information content (AvgIpc) is 2.32. The number of alkyl halides is 3. The lowest BCUT2D eigenvalue weighted by Crippen LogP contribution is -2.49. The number of hydrogen-bond acceptors (Lipinski definition) is 3. The molecular formula is C13H23F3N2O2. The van der Waals surface area contributed by atoms with Gasteiger partial charge < -0.3 is 14.5 Å². The van der Waals surface area contributed by atoms with Gasteiger partial charge in [-0.05, 0) is 25.9 Å². The Morgan fingerprint density at radius 1 is 1.45 bits per heavy atom. The maximum Gasteiger partial charge on any atom is 0.411 e. The van der Waals surface area contributed by atoms with Crippen LogP contribution < -0.4 is 0 Å². The van der Waals surface area contributed by atoms with Crippen LogP contribution >= 0.6 is 0 Å². The molecule has 1 aliphatic heterocycles. The van der Waals surface area contributed by atoms with E-state index in [9.17, 15) is 18.0 Å². The van der Waals surface area contributed by atoms with Crippen molar-refractivity contribution in [1.82, 2.24) is 9.80 Å². The highest BCUT2D eigenvalue weighted by molar-refractivity contribution is 5.76. The molecule has 1 amide bonds. The van der Waals surface area contributed by atoms with Gasteiger partial charge in [0.15, 0.2) is 0 Å². The predicted molar refractivity (Wildman–Crippen MR) is 69.3 cm³/mol. The van der Waals surface area contributed by atoms with Crippen LogP contribution in [0.3, 0.4) is 0 Å². The zero-order valence-corrected chi connectivity index (χ0v) is 12.2. The Morgan fingerprint density at radius 2 is 2.10 bits per heavy atom. The summed E-state index contributed by atoms with van der Waals surface area (Å²) in [6.45, 7) is 2.45. The standard InChI is InChI=1S/C13H23F3N2O2/c1-10-8-17(2)6-4-11(10)18(3)12(19)5-7-20-9-13(14,15)16/h10-11H,4-9H2,1-3H3. The van der Waals surface area contributed by atoms with Crippen LogP contribution in [0.25, 0.3) is 0 Å². The van der Waals surface area contributed by atoms with E-state index in [2.05, 4.69) is 16.6 Å². The number of piperidine rings is 1. The Kier molecular flexibility index (Phi) is 6.26. The van der Waals surface area contributed by atoms with E-state index in [0.29, 0.717) is 5.92 Å². The molecule has 7 heteroatoms. The topological polar surface area (TPSA) is 32.8 Å². The quantitative estimate of drug-likeness (QED) is 0.725. The van der Waals surface area contributed by atoms with Gasteiger partial charge in [0.05, 0.1) is 13.0 Å².